The molecule has 0 saturated heterocycles. The van der Waals surface area contributed by atoms with E-state index in [1.54, 1.807) is 0 Å². The van der Waals surface area contributed by atoms with Gasteiger partial charge in [-0.15, -0.1) is 0 Å². The summed E-state index contributed by atoms with van der Waals surface area (Å²) in [5, 5.41) is 2.98. The molecule has 0 bridgehead atoms. The Labute approximate surface area is 170 Å². The summed E-state index contributed by atoms with van der Waals surface area (Å²) >= 11 is 14.0. The van der Waals surface area contributed by atoms with Gasteiger partial charge in [0.1, 0.15) is 11.5 Å². The zero-order valence-corrected chi connectivity index (χ0v) is 18.7. The largest absolute Gasteiger partial charge is 0.457 e. The van der Waals surface area contributed by atoms with Crippen LogP contribution in [0.15, 0.2) is 36.4 Å². The predicted molar refractivity (Wildman–Crippen MR) is 110 cm³/mol. The van der Waals surface area contributed by atoms with Crippen LogP contribution in [0.1, 0.15) is 22.3 Å². The summed E-state index contributed by atoms with van der Waals surface area (Å²) in [5.74, 6) is 1.75. The van der Waals surface area contributed by atoms with E-state index in [0.717, 1.165) is 55.1 Å². The number of hydrogen-bond donors (Lipinski definition) is 0. The molecule has 0 unspecified atom stereocenters. The SMILES string of the molecule is BrCc1cccc(CBr)c1OCOc1c(CBr)cccc1CBr. The lowest BCUT2D eigenvalue weighted by Crippen LogP contribution is -2.10. The molecular formula is C17H16Br4O2. The lowest BCUT2D eigenvalue weighted by molar-refractivity contribution is 0.116. The Bertz CT molecular complexity index is 546. The number of ether oxygens (including phenoxy) is 2. The quantitative estimate of drug-likeness (QED) is 0.260. The smallest absolute Gasteiger partial charge is 0.230 e. The average Bonchev–Trinajstić information content (AvgIpc) is 2.61. The van der Waals surface area contributed by atoms with Crippen LogP contribution >= 0.6 is 63.7 Å². The van der Waals surface area contributed by atoms with E-state index < -0.39 is 0 Å². The van der Waals surface area contributed by atoms with E-state index in [4.69, 9.17) is 9.47 Å². The number of benzene rings is 2. The molecule has 2 rings (SSSR count). The lowest BCUT2D eigenvalue weighted by Gasteiger charge is -2.17. The van der Waals surface area contributed by atoms with Crippen LogP contribution in [0.4, 0.5) is 0 Å². The van der Waals surface area contributed by atoms with Gasteiger partial charge in [0.15, 0.2) is 0 Å². The first-order valence-electron chi connectivity index (χ1n) is 6.96. The summed E-state index contributed by atoms with van der Waals surface area (Å²) < 4.78 is 11.9. The molecule has 0 aromatic heterocycles. The number of rotatable bonds is 8. The van der Waals surface area contributed by atoms with Crippen molar-refractivity contribution in [2.75, 3.05) is 6.79 Å². The zero-order chi connectivity index (χ0) is 16.7. The molecular weight excluding hydrogens is 556 g/mol. The Morgan fingerprint density at radius 3 is 1.13 bits per heavy atom. The highest BCUT2D eigenvalue weighted by molar-refractivity contribution is 9.09. The van der Waals surface area contributed by atoms with E-state index in [-0.39, 0.29) is 6.79 Å². The molecule has 0 aliphatic rings. The van der Waals surface area contributed by atoms with Crippen LogP contribution in [0.3, 0.4) is 0 Å². The van der Waals surface area contributed by atoms with Crippen LogP contribution in [0.2, 0.25) is 0 Å². The minimum Gasteiger partial charge on any atom is -0.457 e. The number of halogens is 4. The highest BCUT2D eigenvalue weighted by Gasteiger charge is 2.11. The fourth-order valence-electron chi connectivity index (χ4n) is 2.22. The summed E-state index contributed by atoms with van der Waals surface area (Å²) in [6.45, 7) is 0.175. The Morgan fingerprint density at radius 2 is 0.870 bits per heavy atom. The van der Waals surface area contributed by atoms with E-state index >= 15 is 0 Å². The van der Waals surface area contributed by atoms with E-state index in [1.807, 2.05) is 36.4 Å². The van der Waals surface area contributed by atoms with Gasteiger partial charge < -0.3 is 9.47 Å². The maximum atomic E-state index is 5.94. The molecule has 0 amide bonds. The second-order valence-corrected chi connectivity index (χ2v) is 6.99. The van der Waals surface area contributed by atoms with Crippen LogP contribution in [0.25, 0.3) is 0 Å². The van der Waals surface area contributed by atoms with Gasteiger partial charge in [-0.2, -0.15) is 0 Å². The summed E-state index contributed by atoms with van der Waals surface area (Å²) in [5.41, 5.74) is 4.44. The molecule has 0 spiro atoms. The molecule has 6 heteroatoms. The second-order valence-electron chi connectivity index (χ2n) is 4.75. The lowest BCUT2D eigenvalue weighted by atomic mass is 10.1. The van der Waals surface area contributed by atoms with Gasteiger partial charge in [-0.1, -0.05) is 100 Å². The Balaban J connectivity index is 2.15. The molecule has 0 saturated carbocycles. The molecule has 0 N–H and O–H groups in total. The summed E-state index contributed by atoms with van der Waals surface area (Å²) in [4.78, 5) is 0. The van der Waals surface area contributed by atoms with Gasteiger partial charge in [0, 0.05) is 43.6 Å². The Morgan fingerprint density at radius 1 is 0.565 bits per heavy atom. The topological polar surface area (TPSA) is 18.5 Å². The minimum atomic E-state index is 0.175. The maximum absolute atomic E-state index is 5.94. The first-order valence-corrected chi connectivity index (χ1v) is 11.4. The fourth-order valence-corrected chi connectivity index (χ4v) is 3.98. The van der Waals surface area contributed by atoms with Crippen molar-refractivity contribution in [3.05, 3.63) is 58.7 Å². The molecule has 2 nitrogen and oxygen atoms in total. The van der Waals surface area contributed by atoms with Crippen molar-refractivity contribution in [3.8, 4) is 11.5 Å². The second kappa shape index (κ2) is 10.1. The van der Waals surface area contributed by atoms with Crippen LogP contribution in [0.5, 0.6) is 11.5 Å². The van der Waals surface area contributed by atoms with Crippen LogP contribution in [-0.2, 0) is 21.3 Å². The molecule has 2 aromatic rings. The zero-order valence-electron chi connectivity index (χ0n) is 12.3. The van der Waals surface area contributed by atoms with Gasteiger partial charge in [0.25, 0.3) is 0 Å². The number of hydrogen-bond acceptors (Lipinski definition) is 2. The third kappa shape index (κ3) is 4.97. The molecule has 0 radical (unpaired) electrons. The minimum absolute atomic E-state index is 0.175. The molecule has 0 atom stereocenters. The van der Waals surface area contributed by atoms with Gasteiger partial charge in [0.05, 0.1) is 0 Å². The van der Waals surface area contributed by atoms with Gasteiger partial charge in [-0.25, -0.2) is 0 Å². The van der Waals surface area contributed by atoms with Crippen molar-refractivity contribution in [3.63, 3.8) is 0 Å². The van der Waals surface area contributed by atoms with Crippen molar-refractivity contribution < 1.29 is 9.47 Å². The van der Waals surface area contributed by atoms with E-state index in [2.05, 4.69) is 63.7 Å². The highest BCUT2D eigenvalue weighted by atomic mass is 79.9. The molecule has 124 valence electrons. The maximum Gasteiger partial charge on any atom is 0.230 e. The van der Waals surface area contributed by atoms with Crippen LogP contribution in [-0.4, -0.2) is 6.79 Å². The predicted octanol–water partition coefficient (Wildman–Crippen LogP) is 6.68. The first-order chi connectivity index (χ1) is 11.2. The molecule has 0 aliphatic carbocycles. The molecule has 0 heterocycles. The molecule has 23 heavy (non-hydrogen) atoms. The number of alkyl halides is 4. The normalized spacial score (nSPS) is 10.6. The van der Waals surface area contributed by atoms with Crippen molar-refractivity contribution in [1.82, 2.24) is 0 Å². The number of para-hydroxylation sites is 2. The van der Waals surface area contributed by atoms with Crippen molar-refractivity contribution >= 4 is 63.7 Å². The first kappa shape index (κ1) is 19.3. The van der Waals surface area contributed by atoms with E-state index in [0.29, 0.717) is 0 Å². The van der Waals surface area contributed by atoms with E-state index in [1.165, 1.54) is 0 Å². The van der Waals surface area contributed by atoms with Gasteiger partial charge in [-0.05, 0) is 0 Å². The molecule has 0 aliphatic heterocycles. The van der Waals surface area contributed by atoms with Crippen molar-refractivity contribution in [2.24, 2.45) is 0 Å². The third-order valence-electron chi connectivity index (χ3n) is 3.34. The standard InChI is InChI=1S/C17H16Br4O2/c18-7-12-3-1-4-13(8-19)16(12)22-11-23-17-14(9-20)5-2-6-15(17)10-21/h1-6H,7-11H2. The summed E-state index contributed by atoms with van der Waals surface area (Å²) in [6, 6.07) is 12.3. The summed E-state index contributed by atoms with van der Waals surface area (Å²) in [7, 11) is 0. The van der Waals surface area contributed by atoms with Gasteiger partial charge >= 0.3 is 0 Å². The van der Waals surface area contributed by atoms with E-state index in [9.17, 15) is 0 Å². The Kier molecular flexibility index (Phi) is 8.44. The molecule has 2 aromatic carbocycles. The van der Waals surface area contributed by atoms with Crippen molar-refractivity contribution in [1.29, 1.82) is 0 Å². The third-order valence-corrected chi connectivity index (χ3v) is 5.76. The average molecular weight is 572 g/mol. The molecule has 0 fully saturated rings. The van der Waals surface area contributed by atoms with Gasteiger partial charge in [-0.3, -0.25) is 0 Å². The monoisotopic (exact) mass is 568 g/mol. The van der Waals surface area contributed by atoms with Gasteiger partial charge in [0.2, 0.25) is 6.79 Å². The fraction of sp³-hybridized carbons (Fsp3) is 0.294. The summed E-state index contributed by atoms with van der Waals surface area (Å²) in [6.07, 6.45) is 0. The van der Waals surface area contributed by atoms with Crippen LogP contribution in [0, 0.1) is 0 Å². The highest BCUT2D eigenvalue weighted by Crippen LogP contribution is 2.30. The van der Waals surface area contributed by atoms with Crippen molar-refractivity contribution in [2.45, 2.75) is 21.3 Å². The van der Waals surface area contributed by atoms with Crippen LogP contribution < -0.4 is 9.47 Å². The Hall–Kier alpha value is -0.0400.